The van der Waals surface area contributed by atoms with Crippen LogP contribution >= 0.6 is 0 Å². The number of allylic oxidation sites excluding steroid dienone is 1. The number of ether oxygens (including phenoxy) is 3. The van der Waals surface area contributed by atoms with Crippen molar-refractivity contribution in [2.45, 2.75) is 78.1 Å². The Balaban J connectivity index is 1.66. The van der Waals surface area contributed by atoms with Crippen LogP contribution in [0.3, 0.4) is 0 Å². The van der Waals surface area contributed by atoms with Crippen molar-refractivity contribution in [3.63, 3.8) is 0 Å². The molecule has 3 aliphatic rings. The van der Waals surface area contributed by atoms with Crippen molar-refractivity contribution >= 4 is 29.6 Å². The zero-order valence-corrected chi connectivity index (χ0v) is 25.1. The minimum absolute atomic E-state index is 0.255. The molecule has 0 amide bonds. The van der Waals surface area contributed by atoms with Crippen LogP contribution in [-0.4, -0.2) is 58.1 Å². The van der Waals surface area contributed by atoms with Crippen molar-refractivity contribution in [3.05, 3.63) is 70.6 Å². The second-order valence-corrected chi connectivity index (χ2v) is 12.1. The number of aryl methyl sites for hydroxylation is 1. The Hall–Kier alpha value is -3.49. The molecule has 0 spiro atoms. The number of nitrogens with zero attached hydrogens (tertiary/aromatic N) is 4. The van der Waals surface area contributed by atoms with E-state index in [-0.39, 0.29) is 12.2 Å². The van der Waals surface area contributed by atoms with E-state index in [0.29, 0.717) is 12.2 Å². The number of esters is 1. The second kappa shape index (κ2) is 11.8. The minimum Gasteiger partial charge on any atom is -0.464 e. The van der Waals surface area contributed by atoms with Gasteiger partial charge in [-0.3, -0.25) is 0 Å². The molecule has 1 aromatic carbocycles. The summed E-state index contributed by atoms with van der Waals surface area (Å²) >= 11 is 0. The quantitative estimate of drug-likeness (QED) is 0.357. The number of carbonyl (C=O) groups is 1. The van der Waals surface area contributed by atoms with Gasteiger partial charge in [0.25, 0.3) is 0 Å². The average Bonchev–Trinajstić information content (AvgIpc) is 3.32. The highest BCUT2D eigenvalue weighted by atomic mass is 16.6. The Morgan fingerprint density at radius 2 is 1.90 bits per heavy atom. The van der Waals surface area contributed by atoms with Crippen molar-refractivity contribution in [3.8, 4) is 0 Å². The van der Waals surface area contributed by atoms with Gasteiger partial charge in [-0.15, -0.1) is 0 Å². The van der Waals surface area contributed by atoms with Crippen LogP contribution in [0.15, 0.2) is 42.5 Å². The molecule has 3 aliphatic heterocycles. The number of hydrogen-bond donors (Lipinski definition) is 0. The van der Waals surface area contributed by atoms with E-state index in [4.69, 9.17) is 24.3 Å². The molecule has 1 atom stereocenters. The van der Waals surface area contributed by atoms with Gasteiger partial charge in [0.05, 0.1) is 35.7 Å². The van der Waals surface area contributed by atoms with Gasteiger partial charge >= 0.3 is 5.97 Å². The van der Waals surface area contributed by atoms with Crippen LogP contribution in [0, 0.1) is 6.92 Å². The maximum absolute atomic E-state index is 13.4. The van der Waals surface area contributed by atoms with Crippen LogP contribution in [0.4, 0.5) is 5.82 Å². The van der Waals surface area contributed by atoms with E-state index >= 15 is 0 Å². The molecule has 0 aliphatic carbocycles. The van der Waals surface area contributed by atoms with Gasteiger partial charge in [0, 0.05) is 24.8 Å². The summed E-state index contributed by atoms with van der Waals surface area (Å²) in [6.45, 7) is 14.1. The molecule has 2 aromatic heterocycles. The summed E-state index contributed by atoms with van der Waals surface area (Å²) in [7, 11) is 0. The molecule has 41 heavy (non-hydrogen) atoms. The van der Waals surface area contributed by atoms with Gasteiger partial charge < -0.3 is 19.1 Å². The van der Waals surface area contributed by atoms with Crippen LogP contribution in [0.5, 0.6) is 0 Å². The number of aromatic nitrogens is 3. The summed E-state index contributed by atoms with van der Waals surface area (Å²) in [6.07, 6.45) is 9.93. The lowest BCUT2D eigenvalue weighted by Crippen LogP contribution is -2.45. The Bertz CT molecular complexity index is 1460. The zero-order chi connectivity index (χ0) is 29.2. The number of rotatable bonds is 4. The number of piperidine rings is 1. The maximum atomic E-state index is 13.4. The number of benzene rings is 1. The number of anilines is 1. The van der Waals surface area contributed by atoms with Gasteiger partial charge in [0.15, 0.2) is 11.8 Å². The molecule has 0 saturated carbocycles. The predicted molar refractivity (Wildman–Crippen MR) is 162 cm³/mol. The number of fused-ring (bicyclic) bond motifs is 5. The number of hydrogen-bond acceptors (Lipinski definition) is 7. The molecule has 218 valence electrons. The number of carbonyl (C=O) groups excluding carboxylic acids is 1. The third-order valence-electron chi connectivity index (χ3n) is 7.68. The normalized spacial score (nSPS) is 19.5. The van der Waals surface area contributed by atoms with Crippen LogP contribution in [0.1, 0.15) is 81.6 Å². The first-order valence-electron chi connectivity index (χ1n) is 14.6. The Kier molecular flexibility index (Phi) is 8.34. The molecule has 4 bridgehead atoms. The van der Waals surface area contributed by atoms with Crippen LogP contribution in [0.2, 0.25) is 0 Å². The molecular weight excluding hydrogens is 516 g/mol. The third-order valence-corrected chi connectivity index (χ3v) is 7.68. The summed E-state index contributed by atoms with van der Waals surface area (Å²) in [4.78, 5) is 20.6. The van der Waals surface area contributed by atoms with E-state index in [9.17, 15) is 4.79 Å². The fraction of sp³-hybridized carbons (Fsp3) is 0.485. The molecule has 0 unspecified atom stereocenters. The summed E-state index contributed by atoms with van der Waals surface area (Å²) in [6, 6.07) is 10.4. The van der Waals surface area contributed by atoms with Crippen molar-refractivity contribution in [1.82, 2.24) is 14.6 Å². The minimum atomic E-state index is -0.939. The SMILES string of the molecule is CCOC(=O)[C@@H](OC(C)(C)C)c1c(C)nc2cc3nn2c1N1CCC(C)(CC1)OC/C=C\c1ccccc1C/C=C\3. The molecule has 5 heterocycles. The van der Waals surface area contributed by atoms with Crippen molar-refractivity contribution in [2.75, 3.05) is 31.2 Å². The first kappa shape index (κ1) is 29.0. The smallest absolute Gasteiger partial charge is 0.340 e. The molecule has 0 radical (unpaired) electrons. The molecule has 1 saturated heterocycles. The van der Waals surface area contributed by atoms with E-state index in [1.807, 2.05) is 51.3 Å². The molecule has 3 aromatic rings. The van der Waals surface area contributed by atoms with Gasteiger partial charge in [0.2, 0.25) is 0 Å². The van der Waals surface area contributed by atoms with Crippen LogP contribution < -0.4 is 4.90 Å². The van der Waals surface area contributed by atoms with E-state index < -0.39 is 17.7 Å². The van der Waals surface area contributed by atoms with E-state index in [1.54, 1.807) is 0 Å². The zero-order valence-electron chi connectivity index (χ0n) is 25.1. The maximum Gasteiger partial charge on any atom is 0.340 e. The molecule has 0 N–H and O–H groups in total. The third kappa shape index (κ3) is 6.54. The summed E-state index contributed by atoms with van der Waals surface area (Å²) < 4.78 is 20.2. The van der Waals surface area contributed by atoms with E-state index in [0.717, 1.165) is 55.2 Å². The molecular formula is C33H42N4O4. The van der Waals surface area contributed by atoms with Crippen molar-refractivity contribution < 1.29 is 19.0 Å². The van der Waals surface area contributed by atoms with E-state index in [2.05, 4.69) is 54.3 Å². The molecule has 6 rings (SSSR count). The lowest BCUT2D eigenvalue weighted by atomic mass is 9.92. The van der Waals surface area contributed by atoms with Crippen molar-refractivity contribution in [2.24, 2.45) is 0 Å². The van der Waals surface area contributed by atoms with Gasteiger partial charge in [-0.25, -0.2) is 9.78 Å². The summed E-state index contributed by atoms with van der Waals surface area (Å²) in [5.41, 5.74) is 4.55. The predicted octanol–water partition coefficient (Wildman–Crippen LogP) is 6.12. The Labute approximate surface area is 243 Å². The highest BCUT2D eigenvalue weighted by molar-refractivity contribution is 5.80. The highest BCUT2D eigenvalue weighted by Gasteiger charge is 2.38. The first-order valence-corrected chi connectivity index (χ1v) is 14.6. The Morgan fingerprint density at radius 1 is 1.15 bits per heavy atom. The van der Waals surface area contributed by atoms with Gasteiger partial charge in [-0.1, -0.05) is 42.5 Å². The lowest BCUT2D eigenvalue weighted by molar-refractivity contribution is -0.166. The highest BCUT2D eigenvalue weighted by Crippen LogP contribution is 2.38. The first-order chi connectivity index (χ1) is 19.6. The lowest BCUT2D eigenvalue weighted by Gasteiger charge is -2.41. The molecule has 8 heteroatoms. The van der Waals surface area contributed by atoms with Gasteiger partial charge in [-0.2, -0.15) is 9.61 Å². The fourth-order valence-electron chi connectivity index (χ4n) is 5.57. The average molecular weight is 559 g/mol. The van der Waals surface area contributed by atoms with Crippen LogP contribution in [-0.2, 0) is 25.4 Å². The topological polar surface area (TPSA) is 78.2 Å². The molecule has 1 fully saturated rings. The summed E-state index contributed by atoms with van der Waals surface area (Å²) in [5, 5.41) is 4.99. The Morgan fingerprint density at radius 3 is 2.63 bits per heavy atom. The summed E-state index contributed by atoms with van der Waals surface area (Å²) in [5.74, 6) is 0.403. The van der Waals surface area contributed by atoms with E-state index in [1.165, 1.54) is 11.1 Å². The second-order valence-electron chi connectivity index (χ2n) is 12.1. The molecule has 8 nitrogen and oxygen atoms in total. The van der Waals surface area contributed by atoms with Crippen molar-refractivity contribution in [1.29, 1.82) is 0 Å². The fourth-order valence-corrected chi connectivity index (χ4v) is 5.57. The monoisotopic (exact) mass is 558 g/mol. The van der Waals surface area contributed by atoms with Gasteiger partial charge in [0.1, 0.15) is 5.82 Å². The van der Waals surface area contributed by atoms with Gasteiger partial charge in [-0.05, 0) is 78.0 Å². The standard InChI is InChI=1S/C33H42N4O4/c1-7-39-31(38)29(41-32(3,4)5)28-23(2)34-27-22-26-16-10-14-24-12-8-9-13-25(24)15-11-21-40-33(6)17-19-36(20-18-33)30(28)37(27)35-26/h8-13,15-16,22,29H,7,14,17-21H2,1-6H3/b15-11-,16-10-/t29-/m0/s1. The van der Waals surface area contributed by atoms with Crippen LogP contribution in [0.25, 0.3) is 17.8 Å². The largest absolute Gasteiger partial charge is 0.464 e.